The average molecular weight is 808 g/mol. The molecule has 0 bridgehead atoms. The maximum Gasteiger partial charge on any atom is 0.311 e. The van der Waals surface area contributed by atoms with Crippen molar-refractivity contribution in [1.82, 2.24) is 4.90 Å². The van der Waals surface area contributed by atoms with E-state index in [1.165, 1.54) is 141 Å². The Morgan fingerprint density at radius 2 is 0.807 bits per heavy atom. The van der Waals surface area contributed by atoms with Gasteiger partial charge in [-0.15, -0.1) is 0 Å². The number of aliphatic hydroxyl groups excluding tert-OH is 1. The minimum Gasteiger partial charge on any atom is -0.465 e. The van der Waals surface area contributed by atoms with Crippen LogP contribution in [-0.4, -0.2) is 60.9 Å². The summed E-state index contributed by atoms with van der Waals surface area (Å²) in [6.07, 6.45) is 41.0. The molecule has 0 fully saturated rings. The van der Waals surface area contributed by atoms with Crippen molar-refractivity contribution in [3.05, 3.63) is 0 Å². The number of nitrogens with zero attached hydrogens (tertiary/aromatic N) is 1. The van der Waals surface area contributed by atoms with E-state index in [0.717, 1.165) is 90.1 Å². The quantitative estimate of drug-likeness (QED) is 0.0488. The fourth-order valence-corrected chi connectivity index (χ4v) is 8.02. The van der Waals surface area contributed by atoms with Crippen LogP contribution in [0.15, 0.2) is 0 Å². The molecule has 0 aliphatic carbocycles. The lowest BCUT2D eigenvalue weighted by atomic mass is 9.86. The van der Waals surface area contributed by atoms with E-state index < -0.39 is 10.8 Å². The average Bonchev–Trinajstić information content (AvgIpc) is 3.18. The predicted molar refractivity (Wildman–Crippen MR) is 246 cm³/mol. The molecule has 0 unspecified atom stereocenters. The van der Waals surface area contributed by atoms with Crippen LogP contribution in [0.5, 0.6) is 0 Å². The third-order valence-corrected chi connectivity index (χ3v) is 12.3. The van der Waals surface area contributed by atoms with Gasteiger partial charge in [0.2, 0.25) is 0 Å². The first kappa shape index (κ1) is 55.9. The maximum absolute atomic E-state index is 13.4. The van der Waals surface area contributed by atoms with Crippen LogP contribution in [0.1, 0.15) is 267 Å². The number of carbonyl (C=O) groups is 2. The second kappa shape index (κ2) is 39.0. The fourth-order valence-electron chi connectivity index (χ4n) is 8.02. The molecular formula is C51H101NO5. The minimum atomic E-state index is -0.456. The third kappa shape index (κ3) is 34.3. The van der Waals surface area contributed by atoms with Gasteiger partial charge in [0.1, 0.15) is 6.10 Å². The molecule has 0 radical (unpaired) electrons. The molecular weight excluding hydrogens is 707 g/mol. The summed E-state index contributed by atoms with van der Waals surface area (Å²) in [4.78, 5) is 28.6. The monoisotopic (exact) mass is 808 g/mol. The van der Waals surface area contributed by atoms with E-state index in [1.807, 2.05) is 13.8 Å². The summed E-state index contributed by atoms with van der Waals surface area (Å²) >= 11 is 0. The number of rotatable bonds is 44. The summed E-state index contributed by atoms with van der Waals surface area (Å²) < 4.78 is 12.0. The van der Waals surface area contributed by atoms with Crippen LogP contribution in [0.4, 0.5) is 0 Å². The Hall–Kier alpha value is -1.14. The summed E-state index contributed by atoms with van der Waals surface area (Å²) in [5.74, 6) is -0.0630. The van der Waals surface area contributed by atoms with Gasteiger partial charge >= 0.3 is 11.9 Å². The highest BCUT2D eigenvalue weighted by Crippen LogP contribution is 2.29. The number of hydrogen-bond donors (Lipinski definition) is 1. The molecule has 1 N–H and O–H groups in total. The summed E-state index contributed by atoms with van der Waals surface area (Å²) in [6, 6.07) is 0. The Balaban J connectivity index is 4.39. The van der Waals surface area contributed by atoms with Crippen LogP contribution in [0.2, 0.25) is 0 Å². The predicted octanol–water partition coefficient (Wildman–Crippen LogP) is 15.1. The van der Waals surface area contributed by atoms with Gasteiger partial charge in [-0.25, -0.2) is 0 Å². The van der Waals surface area contributed by atoms with E-state index in [2.05, 4.69) is 39.5 Å². The number of aliphatic hydroxyl groups is 1. The smallest absolute Gasteiger partial charge is 0.311 e. The number of hydrogen-bond acceptors (Lipinski definition) is 6. The molecule has 57 heavy (non-hydrogen) atoms. The molecule has 0 aromatic heterocycles. The second-order valence-corrected chi connectivity index (χ2v) is 19.1. The van der Waals surface area contributed by atoms with Gasteiger partial charge in [0.05, 0.1) is 24.0 Å². The Bertz CT molecular complexity index is 871. The molecule has 0 aliphatic rings. The minimum absolute atomic E-state index is 0.00182. The normalized spacial score (nSPS) is 12.2. The molecule has 0 aromatic carbocycles. The Labute approximate surface area is 356 Å². The molecule has 0 rings (SSSR count). The van der Waals surface area contributed by atoms with Crippen LogP contribution >= 0.6 is 0 Å². The molecule has 6 nitrogen and oxygen atoms in total. The van der Waals surface area contributed by atoms with Crippen LogP contribution in [-0.2, 0) is 19.1 Å². The van der Waals surface area contributed by atoms with Gasteiger partial charge < -0.3 is 19.5 Å². The Morgan fingerprint density at radius 3 is 1.26 bits per heavy atom. The number of unbranched alkanes of at least 4 members (excludes halogenated alkanes) is 25. The van der Waals surface area contributed by atoms with Crippen LogP contribution in [0.3, 0.4) is 0 Å². The maximum atomic E-state index is 13.4. The summed E-state index contributed by atoms with van der Waals surface area (Å²) in [7, 11) is 0. The number of ether oxygens (including phenoxy) is 2. The topological polar surface area (TPSA) is 76.1 Å². The first-order chi connectivity index (χ1) is 27.5. The highest BCUT2D eigenvalue weighted by Gasteiger charge is 2.31. The molecule has 0 spiro atoms. The van der Waals surface area contributed by atoms with E-state index in [0.29, 0.717) is 13.2 Å². The Morgan fingerprint density at radius 1 is 0.456 bits per heavy atom. The SMILES string of the molecule is CCCCCCCCCCCCOC(=O)C(C)(C)CCCCN(CCO)CCCCCCC(C)(C)C(=O)OC(CCCCCCCCC)CCCCCCCCC. The van der Waals surface area contributed by atoms with Gasteiger partial charge in [-0.05, 0) is 98.6 Å². The first-order valence-corrected chi connectivity index (χ1v) is 25.3. The summed E-state index contributed by atoms with van der Waals surface area (Å²) in [6.45, 7) is 18.3. The summed E-state index contributed by atoms with van der Waals surface area (Å²) in [5, 5.41) is 9.70. The summed E-state index contributed by atoms with van der Waals surface area (Å²) in [5.41, 5.74) is -0.906. The molecule has 0 saturated heterocycles. The fraction of sp³-hybridized carbons (Fsp3) is 0.961. The molecule has 0 aromatic rings. The highest BCUT2D eigenvalue weighted by molar-refractivity contribution is 5.76. The van der Waals surface area contributed by atoms with Gasteiger partial charge in [0.25, 0.3) is 0 Å². The van der Waals surface area contributed by atoms with E-state index in [1.54, 1.807) is 0 Å². The molecule has 0 heterocycles. The van der Waals surface area contributed by atoms with E-state index >= 15 is 0 Å². The standard InChI is InChI=1S/C51H101NO5/c1-8-11-14-17-20-21-22-25-30-37-46-56-48(54)50(4,5)41-34-36-43-52(44-45-53)42-35-29-28-33-40-51(6,7)49(55)57-47(38-31-26-23-18-15-12-9-2)39-32-27-24-19-16-13-10-3/h47,53H,8-46H2,1-7H3. The molecule has 0 saturated carbocycles. The van der Waals surface area contributed by atoms with Crippen LogP contribution in [0.25, 0.3) is 0 Å². The molecule has 340 valence electrons. The lowest BCUT2D eigenvalue weighted by Gasteiger charge is -2.27. The zero-order valence-electron chi connectivity index (χ0n) is 39.7. The zero-order valence-corrected chi connectivity index (χ0v) is 39.7. The van der Waals surface area contributed by atoms with Gasteiger partial charge in [-0.3, -0.25) is 9.59 Å². The third-order valence-electron chi connectivity index (χ3n) is 12.3. The molecule has 0 amide bonds. The Kier molecular flexibility index (Phi) is 38.2. The highest BCUT2D eigenvalue weighted by atomic mass is 16.5. The van der Waals surface area contributed by atoms with Crippen molar-refractivity contribution in [1.29, 1.82) is 0 Å². The van der Waals surface area contributed by atoms with E-state index in [4.69, 9.17) is 9.47 Å². The van der Waals surface area contributed by atoms with Crippen molar-refractivity contribution < 1.29 is 24.2 Å². The van der Waals surface area contributed by atoms with Gasteiger partial charge in [0, 0.05) is 6.54 Å². The number of esters is 2. The van der Waals surface area contributed by atoms with Crippen molar-refractivity contribution in [2.24, 2.45) is 10.8 Å². The largest absolute Gasteiger partial charge is 0.465 e. The lowest BCUT2D eigenvalue weighted by molar-refractivity contribution is -0.161. The van der Waals surface area contributed by atoms with Crippen molar-refractivity contribution >= 4 is 11.9 Å². The van der Waals surface area contributed by atoms with Gasteiger partial charge in [-0.2, -0.15) is 0 Å². The van der Waals surface area contributed by atoms with Crippen molar-refractivity contribution in [2.75, 3.05) is 32.8 Å². The molecule has 6 heteroatoms. The lowest BCUT2D eigenvalue weighted by Crippen LogP contribution is -2.31. The van der Waals surface area contributed by atoms with E-state index in [-0.39, 0.29) is 24.6 Å². The first-order valence-electron chi connectivity index (χ1n) is 25.3. The van der Waals surface area contributed by atoms with Crippen molar-refractivity contribution in [2.45, 2.75) is 273 Å². The van der Waals surface area contributed by atoms with Crippen molar-refractivity contribution in [3.8, 4) is 0 Å². The van der Waals surface area contributed by atoms with Crippen LogP contribution < -0.4 is 0 Å². The van der Waals surface area contributed by atoms with Crippen molar-refractivity contribution in [3.63, 3.8) is 0 Å². The molecule has 0 atom stereocenters. The second-order valence-electron chi connectivity index (χ2n) is 19.1. The van der Waals surface area contributed by atoms with Gasteiger partial charge in [0.15, 0.2) is 0 Å². The van der Waals surface area contributed by atoms with Crippen LogP contribution in [0, 0.1) is 10.8 Å². The van der Waals surface area contributed by atoms with E-state index in [9.17, 15) is 14.7 Å². The number of carbonyl (C=O) groups excluding carboxylic acids is 2. The molecule has 0 aliphatic heterocycles. The van der Waals surface area contributed by atoms with Gasteiger partial charge in [-0.1, -0.05) is 181 Å². The zero-order chi connectivity index (χ0) is 42.3.